The highest BCUT2D eigenvalue weighted by atomic mass is 35.5. The minimum Gasteiger partial charge on any atom is -0.245 e. The standard InChI is InChI=1S/C9H9ClF2N2/c10-9(11,12)8-7(3-6-1-2-6)4-13-5-14-8/h4-6H,1-3H2. The van der Waals surface area contributed by atoms with Crippen LogP contribution in [-0.4, -0.2) is 9.97 Å². The molecular weight excluding hydrogens is 210 g/mol. The molecule has 1 fully saturated rings. The Labute approximate surface area is 85.3 Å². The summed E-state index contributed by atoms with van der Waals surface area (Å²) in [5, 5.41) is -3.38. The monoisotopic (exact) mass is 218 g/mol. The first kappa shape index (κ1) is 9.77. The van der Waals surface area contributed by atoms with Crippen LogP contribution in [0.1, 0.15) is 24.1 Å². The van der Waals surface area contributed by atoms with Crippen molar-refractivity contribution in [3.63, 3.8) is 0 Å². The molecule has 5 heteroatoms. The van der Waals surface area contributed by atoms with Gasteiger partial charge in [0.25, 0.3) is 0 Å². The molecule has 14 heavy (non-hydrogen) atoms. The molecule has 0 spiro atoms. The third-order valence-corrected chi connectivity index (χ3v) is 2.44. The normalized spacial score (nSPS) is 17.1. The van der Waals surface area contributed by atoms with Crippen LogP contribution in [-0.2, 0) is 11.8 Å². The molecule has 1 aromatic rings. The van der Waals surface area contributed by atoms with Gasteiger partial charge < -0.3 is 0 Å². The molecule has 0 radical (unpaired) electrons. The molecule has 0 amide bonds. The minimum atomic E-state index is -3.38. The van der Waals surface area contributed by atoms with Crippen molar-refractivity contribution in [1.82, 2.24) is 9.97 Å². The molecule has 1 aliphatic carbocycles. The van der Waals surface area contributed by atoms with Crippen molar-refractivity contribution < 1.29 is 8.78 Å². The van der Waals surface area contributed by atoms with Gasteiger partial charge in [0.15, 0.2) is 0 Å². The Morgan fingerprint density at radius 3 is 2.79 bits per heavy atom. The van der Waals surface area contributed by atoms with Gasteiger partial charge in [0.1, 0.15) is 12.0 Å². The lowest BCUT2D eigenvalue weighted by molar-refractivity contribution is 0.0885. The molecule has 1 heterocycles. The lowest BCUT2D eigenvalue weighted by Gasteiger charge is -2.11. The van der Waals surface area contributed by atoms with E-state index in [-0.39, 0.29) is 5.69 Å². The Bertz CT molecular complexity index is 334. The predicted molar refractivity (Wildman–Crippen MR) is 48.2 cm³/mol. The summed E-state index contributed by atoms with van der Waals surface area (Å²) in [6.45, 7) is 0. The highest BCUT2D eigenvalue weighted by Crippen LogP contribution is 2.37. The first-order valence-electron chi connectivity index (χ1n) is 4.43. The summed E-state index contributed by atoms with van der Waals surface area (Å²) >= 11 is 4.94. The van der Waals surface area contributed by atoms with Gasteiger partial charge in [-0.25, -0.2) is 9.97 Å². The molecular formula is C9H9ClF2N2. The third kappa shape index (κ3) is 2.18. The number of hydrogen-bond acceptors (Lipinski definition) is 2. The van der Waals surface area contributed by atoms with Crippen molar-refractivity contribution in [2.24, 2.45) is 5.92 Å². The summed E-state index contributed by atoms with van der Waals surface area (Å²) in [4.78, 5) is 7.27. The van der Waals surface area contributed by atoms with Gasteiger partial charge in [-0.2, -0.15) is 8.78 Å². The van der Waals surface area contributed by atoms with Crippen LogP contribution in [0.25, 0.3) is 0 Å². The Kier molecular flexibility index (Phi) is 2.39. The Hall–Kier alpha value is -0.770. The van der Waals surface area contributed by atoms with E-state index in [4.69, 9.17) is 11.6 Å². The summed E-state index contributed by atoms with van der Waals surface area (Å²) in [6, 6.07) is 0. The molecule has 0 aromatic carbocycles. The van der Waals surface area contributed by atoms with Gasteiger partial charge >= 0.3 is 5.38 Å². The quantitative estimate of drug-likeness (QED) is 0.729. The van der Waals surface area contributed by atoms with E-state index in [2.05, 4.69) is 9.97 Å². The van der Waals surface area contributed by atoms with E-state index in [0.717, 1.165) is 19.2 Å². The molecule has 0 N–H and O–H groups in total. The van der Waals surface area contributed by atoms with Crippen molar-refractivity contribution in [2.45, 2.75) is 24.6 Å². The van der Waals surface area contributed by atoms with Gasteiger partial charge in [0.2, 0.25) is 0 Å². The van der Waals surface area contributed by atoms with E-state index in [9.17, 15) is 8.78 Å². The van der Waals surface area contributed by atoms with Crippen LogP contribution in [0.15, 0.2) is 12.5 Å². The maximum Gasteiger partial charge on any atom is 0.365 e. The van der Waals surface area contributed by atoms with Crippen molar-refractivity contribution >= 4 is 11.6 Å². The largest absolute Gasteiger partial charge is 0.365 e. The average Bonchev–Trinajstić information content (AvgIpc) is 2.87. The minimum absolute atomic E-state index is 0.346. The van der Waals surface area contributed by atoms with Crippen molar-refractivity contribution in [3.8, 4) is 0 Å². The van der Waals surface area contributed by atoms with E-state index in [1.807, 2.05) is 0 Å². The summed E-state index contributed by atoms with van der Waals surface area (Å²) < 4.78 is 25.7. The second-order valence-electron chi connectivity index (χ2n) is 3.54. The molecule has 0 aliphatic heterocycles. The summed E-state index contributed by atoms with van der Waals surface area (Å²) in [5.41, 5.74) is 0.121. The smallest absolute Gasteiger partial charge is 0.245 e. The number of halogens is 3. The molecule has 2 nitrogen and oxygen atoms in total. The average molecular weight is 219 g/mol. The number of nitrogens with zero attached hydrogens (tertiary/aromatic N) is 2. The topological polar surface area (TPSA) is 25.8 Å². The van der Waals surface area contributed by atoms with Gasteiger partial charge in [0, 0.05) is 6.20 Å². The van der Waals surface area contributed by atoms with Crippen molar-refractivity contribution in [2.75, 3.05) is 0 Å². The summed E-state index contributed by atoms with van der Waals surface area (Å²) in [6.07, 6.45) is 5.34. The fourth-order valence-electron chi connectivity index (χ4n) is 1.40. The molecule has 0 unspecified atom stereocenters. The Morgan fingerprint density at radius 2 is 2.21 bits per heavy atom. The van der Waals surface area contributed by atoms with E-state index in [1.54, 1.807) is 0 Å². The molecule has 1 aromatic heterocycles. The van der Waals surface area contributed by atoms with Gasteiger partial charge in [-0.05, 0) is 42.3 Å². The van der Waals surface area contributed by atoms with Crippen molar-refractivity contribution in [1.29, 1.82) is 0 Å². The van der Waals surface area contributed by atoms with Crippen LogP contribution in [0.5, 0.6) is 0 Å². The number of rotatable bonds is 3. The van der Waals surface area contributed by atoms with E-state index in [1.165, 1.54) is 6.20 Å². The molecule has 0 atom stereocenters. The zero-order chi connectivity index (χ0) is 10.2. The summed E-state index contributed by atoms with van der Waals surface area (Å²) in [7, 11) is 0. The van der Waals surface area contributed by atoms with Crippen LogP contribution >= 0.6 is 11.6 Å². The Morgan fingerprint density at radius 1 is 1.50 bits per heavy atom. The first-order valence-corrected chi connectivity index (χ1v) is 4.81. The van der Waals surface area contributed by atoms with E-state index >= 15 is 0 Å². The molecule has 0 bridgehead atoms. The maximum atomic E-state index is 12.9. The van der Waals surface area contributed by atoms with Crippen LogP contribution in [0.2, 0.25) is 0 Å². The van der Waals surface area contributed by atoms with Crippen molar-refractivity contribution in [3.05, 3.63) is 23.8 Å². The maximum absolute atomic E-state index is 12.9. The van der Waals surface area contributed by atoms with Crippen LogP contribution in [0, 0.1) is 5.92 Å². The molecule has 1 aliphatic rings. The molecule has 76 valence electrons. The van der Waals surface area contributed by atoms with Crippen LogP contribution in [0.3, 0.4) is 0 Å². The lowest BCUT2D eigenvalue weighted by Crippen LogP contribution is -2.11. The molecule has 1 saturated carbocycles. The second-order valence-corrected chi connectivity index (χ2v) is 4.02. The number of alkyl halides is 3. The van der Waals surface area contributed by atoms with E-state index < -0.39 is 5.38 Å². The van der Waals surface area contributed by atoms with Gasteiger partial charge in [-0.15, -0.1) is 0 Å². The van der Waals surface area contributed by atoms with Gasteiger partial charge in [-0.3, -0.25) is 0 Å². The predicted octanol–water partition coefficient (Wildman–Crippen LogP) is 2.72. The Balaban J connectivity index is 2.27. The number of aromatic nitrogens is 2. The van der Waals surface area contributed by atoms with Gasteiger partial charge in [0.05, 0.1) is 0 Å². The third-order valence-electron chi connectivity index (χ3n) is 2.26. The van der Waals surface area contributed by atoms with Crippen LogP contribution in [0.4, 0.5) is 8.78 Å². The molecule has 0 saturated heterocycles. The first-order chi connectivity index (χ1) is 6.57. The van der Waals surface area contributed by atoms with E-state index in [0.29, 0.717) is 17.9 Å². The summed E-state index contributed by atoms with van der Waals surface area (Å²) in [5.74, 6) is 0.513. The number of hydrogen-bond donors (Lipinski definition) is 0. The zero-order valence-corrected chi connectivity index (χ0v) is 8.14. The van der Waals surface area contributed by atoms with Gasteiger partial charge in [-0.1, -0.05) is 0 Å². The fraction of sp³-hybridized carbons (Fsp3) is 0.556. The SMILES string of the molecule is FC(F)(Cl)c1ncncc1CC1CC1. The molecule has 2 rings (SSSR count). The fourth-order valence-corrected chi connectivity index (χ4v) is 1.57. The second kappa shape index (κ2) is 3.42. The highest BCUT2D eigenvalue weighted by Gasteiger charge is 2.34. The lowest BCUT2D eigenvalue weighted by atomic mass is 10.1. The zero-order valence-electron chi connectivity index (χ0n) is 7.38. The highest BCUT2D eigenvalue weighted by molar-refractivity contribution is 6.21. The van der Waals surface area contributed by atoms with Crippen LogP contribution < -0.4 is 0 Å².